The second-order valence-corrected chi connectivity index (χ2v) is 9.67. The maximum absolute atomic E-state index is 13.4. The fraction of sp³-hybridized carbons (Fsp3) is 0.857. The van der Waals surface area contributed by atoms with Crippen LogP contribution < -0.4 is 27.9 Å². The van der Waals surface area contributed by atoms with Crippen LogP contribution in [0.3, 0.4) is 0 Å². The molecule has 3 amide bonds. The van der Waals surface area contributed by atoms with Gasteiger partial charge in [0, 0.05) is 13.0 Å². The van der Waals surface area contributed by atoms with E-state index in [4.69, 9.17) is 17.3 Å². The molecule has 1 unspecified atom stereocenters. The first-order chi connectivity index (χ1) is 15.8. The van der Waals surface area contributed by atoms with Gasteiger partial charge in [-0.05, 0) is 38.3 Å². The lowest BCUT2D eigenvalue weighted by Crippen LogP contribution is -2.66. The number of rotatable bonds is 8. The largest absolute Gasteiger partial charge is 0.381 e. The zero-order valence-corrected chi connectivity index (χ0v) is 19.1. The standard InChI is InChI=1S/C21H38N8O4/c22-15(10-13-4-2-1-3-5-13)20(33)29-12-14(27-28-24)11-16(29)19(32)26-21(17(30)18(23)31)6-8-25-9-7-21/h13-17,25,30H,1-12,22H2,(H2,23,31)(H2,24,27)(H,26,32)/t14-,15+,16-,17?/m0/s1. The van der Waals surface area contributed by atoms with Crippen LogP contribution in [-0.2, 0) is 14.4 Å². The topological polar surface area (TPSA) is 202 Å². The van der Waals surface area contributed by atoms with Gasteiger partial charge in [-0.1, -0.05) is 37.3 Å². The van der Waals surface area contributed by atoms with Crippen molar-refractivity contribution in [3.8, 4) is 0 Å². The van der Waals surface area contributed by atoms with Crippen molar-refractivity contribution in [3.05, 3.63) is 0 Å². The van der Waals surface area contributed by atoms with E-state index in [1.54, 1.807) is 0 Å². The maximum Gasteiger partial charge on any atom is 0.248 e. The number of hydrogen-bond donors (Lipinski definition) is 6. The van der Waals surface area contributed by atoms with Crippen LogP contribution in [0.25, 0.3) is 0 Å². The van der Waals surface area contributed by atoms with E-state index in [9.17, 15) is 19.5 Å². The van der Waals surface area contributed by atoms with Crippen LogP contribution in [0.5, 0.6) is 0 Å². The van der Waals surface area contributed by atoms with E-state index in [0.29, 0.717) is 38.3 Å². The van der Waals surface area contributed by atoms with Crippen molar-refractivity contribution < 1.29 is 19.5 Å². The lowest BCUT2D eigenvalue weighted by molar-refractivity contribution is -0.143. The Labute approximate surface area is 194 Å². The molecule has 1 aliphatic carbocycles. The molecule has 9 N–H and O–H groups in total. The third-order valence-electron chi connectivity index (χ3n) is 7.38. The van der Waals surface area contributed by atoms with E-state index in [2.05, 4.69) is 21.0 Å². The molecule has 186 valence electrons. The number of aliphatic hydroxyl groups is 1. The quantitative estimate of drug-likeness (QED) is 0.144. The molecule has 0 spiro atoms. The van der Waals surface area contributed by atoms with E-state index >= 15 is 0 Å². The number of primary amides is 1. The molecule has 12 nitrogen and oxygen atoms in total. The third-order valence-corrected chi connectivity index (χ3v) is 7.38. The van der Waals surface area contributed by atoms with Crippen molar-refractivity contribution in [1.82, 2.24) is 15.5 Å². The van der Waals surface area contributed by atoms with Gasteiger partial charge in [-0.3, -0.25) is 14.4 Å². The Morgan fingerprint density at radius 3 is 2.45 bits per heavy atom. The van der Waals surface area contributed by atoms with Gasteiger partial charge in [0.05, 0.1) is 17.6 Å². The molecule has 0 aromatic rings. The smallest absolute Gasteiger partial charge is 0.248 e. The minimum Gasteiger partial charge on any atom is -0.381 e. The molecule has 1 saturated carbocycles. The van der Waals surface area contributed by atoms with Gasteiger partial charge in [-0.25, -0.2) is 0 Å². The summed E-state index contributed by atoms with van der Waals surface area (Å²) >= 11 is 0. The van der Waals surface area contributed by atoms with Crippen LogP contribution in [0.1, 0.15) is 57.8 Å². The Hall–Kier alpha value is -2.31. The number of nitrogens with one attached hydrogen (secondary N) is 2. The van der Waals surface area contributed by atoms with Gasteiger partial charge >= 0.3 is 0 Å². The molecule has 2 aliphatic heterocycles. The molecule has 4 atom stereocenters. The van der Waals surface area contributed by atoms with Gasteiger partial charge in [-0.15, -0.1) is 0 Å². The molecule has 3 aliphatic rings. The van der Waals surface area contributed by atoms with Crippen molar-refractivity contribution >= 4 is 17.7 Å². The minimum atomic E-state index is -1.54. The number of hydrogen-bond acceptors (Lipinski definition) is 8. The van der Waals surface area contributed by atoms with Gasteiger partial charge in [0.15, 0.2) is 6.10 Å². The first-order valence-corrected chi connectivity index (χ1v) is 11.9. The van der Waals surface area contributed by atoms with Crippen LogP contribution in [0.2, 0.25) is 0 Å². The van der Waals surface area contributed by atoms with Crippen LogP contribution in [0.4, 0.5) is 0 Å². The lowest BCUT2D eigenvalue weighted by atomic mass is 9.82. The predicted molar refractivity (Wildman–Crippen MR) is 120 cm³/mol. The Kier molecular flexibility index (Phi) is 8.60. The van der Waals surface area contributed by atoms with Crippen molar-refractivity contribution in [2.24, 2.45) is 33.6 Å². The molecule has 2 saturated heterocycles. The van der Waals surface area contributed by atoms with Gasteiger partial charge in [0.25, 0.3) is 0 Å². The summed E-state index contributed by atoms with van der Waals surface area (Å²) in [5.41, 5.74) is 10.5. The summed E-state index contributed by atoms with van der Waals surface area (Å²) in [6.07, 6.45) is 5.59. The van der Waals surface area contributed by atoms with Crippen LogP contribution in [0.15, 0.2) is 10.3 Å². The van der Waals surface area contributed by atoms with Crippen molar-refractivity contribution in [3.63, 3.8) is 0 Å². The van der Waals surface area contributed by atoms with Gasteiger partial charge in [-0.2, -0.15) is 5.11 Å². The summed E-state index contributed by atoms with van der Waals surface area (Å²) in [5.74, 6) is 3.96. The summed E-state index contributed by atoms with van der Waals surface area (Å²) in [6.45, 7) is 1.20. The van der Waals surface area contributed by atoms with Crippen LogP contribution in [0, 0.1) is 5.92 Å². The molecule has 0 aromatic heterocycles. The molecule has 3 fully saturated rings. The zero-order valence-electron chi connectivity index (χ0n) is 19.1. The zero-order chi connectivity index (χ0) is 24.0. The Morgan fingerprint density at radius 2 is 1.85 bits per heavy atom. The lowest BCUT2D eigenvalue weighted by Gasteiger charge is -2.42. The Bertz CT molecular complexity index is 736. The molecule has 2 heterocycles. The minimum absolute atomic E-state index is 0.183. The number of piperidine rings is 1. The number of amides is 3. The maximum atomic E-state index is 13.4. The highest BCUT2D eigenvalue weighted by Crippen LogP contribution is 2.30. The second kappa shape index (κ2) is 11.2. The van der Waals surface area contributed by atoms with E-state index < -0.39 is 41.6 Å². The van der Waals surface area contributed by atoms with Crippen molar-refractivity contribution in [1.29, 1.82) is 0 Å². The summed E-state index contributed by atoms with van der Waals surface area (Å²) in [7, 11) is 0. The van der Waals surface area contributed by atoms with Gasteiger partial charge < -0.3 is 38.0 Å². The average molecular weight is 467 g/mol. The summed E-state index contributed by atoms with van der Waals surface area (Å²) < 4.78 is 0. The molecule has 12 heteroatoms. The fourth-order valence-electron chi connectivity index (χ4n) is 5.52. The normalized spacial score (nSPS) is 27.9. The van der Waals surface area contributed by atoms with Crippen molar-refractivity contribution in [2.45, 2.75) is 87.6 Å². The monoisotopic (exact) mass is 466 g/mol. The molecule has 0 bridgehead atoms. The number of carbonyl (C=O) groups excluding carboxylic acids is 3. The number of carbonyl (C=O) groups is 3. The van der Waals surface area contributed by atoms with E-state index in [0.717, 1.165) is 25.7 Å². The number of likely N-dealkylation sites (tertiary alicyclic amines) is 1. The highest BCUT2D eigenvalue weighted by Gasteiger charge is 2.47. The number of nitrogens with two attached hydrogens (primary N) is 3. The molecule has 33 heavy (non-hydrogen) atoms. The highest BCUT2D eigenvalue weighted by molar-refractivity contribution is 5.91. The predicted octanol–water partition coefficient (Wildman–Crippen LogP) is -1.34. The Balaban J connectivity index is 1.75. The Morgan fingerprint density at radius 1 is 1.18 bits per heavy atom. The first-order valence-electron chi connectivity index (χ1n) is 11.9. The third kappa shape index (κ3) is 5.98. The summed E-state index contributed by atoms with van der Waals surface area (Å²) in [4.78, 5) is 39.9. The van der Waals surface area contributed by atoms with Gasteiger partial charge in [0.2, 0.25) is 17.7 Å². The summed E-state index contributed by atoms with van der Waals surface area (Å²) in [5, 5.41) is 23.8. The highest BCUT2D eigenvalue weighted by atomic mass is 16.3. The molecule has 3 rings (SSSR count). The summed E-state index contributed by atoms with van der Waals surface area (Å²) in [6, 6.07) is -1.99. The van der Waals surface area contributed by atoms with E-state index in [1.807, 2.05) is 0 Å². The van der Waals surface area contributed by atoms with Crippen molar-refractivity contribution in [2.75, 3.05) is 19.6 Å². The van der Waals surface area contributed by atoms with Crippen LogP contribution >= 0.6 is 0 Å². The SMILES string of the molecule is NN=N[C@H]1C[C@@H](C(=O)NC2(C(O)C(N)=O)CCNCC2)N(C(=O)[C@H](N)CC2CCCCC2)C1. The van der Waals surface area contributed by atoms with E-state index in [-0.39, 0.29) is 18.9 Å². The fourth-order valence-corrected chi connectivity index (χ4v) is 5.52. The number of aliphatic hydroxyl groups excluding tert-OH is 1. The van der Waals surface area contributed by atoms with Crippen LogP contribution in [-0.4, -0.2) is 77.1 Å². The average Bonchev–Trinajstić information content (AvgIpc) is 3.23. The number of nitrogens with zero attached hydrogens (tertiary/aromatic N) is 3. The second-order valence-electron chi connectivity index (χ2n) is 9.67. The van der Waals surface area contributed by atoms with Gasteiger partial charge in [0.1, 0.15) is 6.04 Å². The van der Waals surface area contributed by atoms with E-state index in [1.165, 1.54) is 11.3 Å². The molecular formula is C21H38N8O4. The molecule has 0 radical (unpaired) electrons. The molecule has 0 aromatic carbocycles. The molecular weight excluding hydrogens is 428 g/mol. The first kappa shape index (κ1) is 25.3.